The van der Waals surface area contributed by atoms with Gasteiger partial charge in [0.05, 0.1) is 0 Å². The van der Waals surface area contributed by atoms with Crippen LogP contribution in [0.2, 0.25) is 0 Å². The lowest BCUT2D eigenvalue weighted by Crippen LogP contribution is -2.37. The number of unbranched alkanes of at least 4 members (excludes halogenated alkanes) is 1. The molecule has 0 bridgehead atoms. The molecule has 0 spiro atoms. The van der Waals surface area contributed by atoms with Gasteiger partial charge in [0, 0.05) is 30.6 Å². The highest BCUT2D eigenvalue weighted by Crippen LogP contribution is 2.39. The van der Waals surface area contributed by atoms with Gasteiger partial charge in [0.2, 0.25) is 0 Å². The predicted octanol–water partition coefficient (Wildman–Crippen LogP) is 4.84. The van der Waals surface area contributed by atoms with Crippen LogP contribution in [0.25, 0.3) is 19.5 Å². The van der Waals surface area contributed by atoms with Crippen molar-refractivity contribution >= 4 is 49.8 Å². The number of hydroxylamine groups is 1. The topological polar surface area (TPSA) is 83.5 Å². The maximum Gasteiger partial charge on any atom is 0.261 e. The maximum absolute atomic E-state index is 11.7. The van der Waals surface area contributed by atoms with Gasteiger partial charge in [-0.3, -0.25) is 10.0 Å². The molecule has 1 amide bonds. The molecule has 0 radical (unpaired) electrons. The molecule has 3 aromatic rings. The van der Waals surface area contributed by atoms with Crippen molar-refractivity contribution in [3.63, 3.8) is 0 Å². The van der Waals surface area contributed by atoms with Crippen LogP contribution in [0.3, 0.4) is 0 Å². The van der Waals surface area contributed by atoms with Crippen molar-refractivity contribution in [1.82, 2.24) is 5.48 Å². The first-order valence-corrected chi connectivity index (χ1v) is 13.2. The lowest BCUT2D eigenvalue weighted by Gasteiger charge is -2.12. The smallest absolute Gasteiger partial charge is 0.261 e. The Morgan fingerprint density at radius 3 is 2.36 bits per heavy atom. The summed E-state index contributed by atoms with van der Waals surface area (Å²) in [4.78, 5) is 17.8. The molecule has 150 valence electrons. The van der Waals surface area contributed by atoms with Crippen LogP contribution in [-0.4, -0.2) is 31.0 Å². The van der Waals surface area contributed by atoms with Crippen LogP contribution >= 0.6 is 34.0 Å². The van der Waals surface area contributed by atoms with Crippen LogP contribution in [-0.2, 0) is 21.1 Å². The summed E-state index contributed by atoms with van der Waals surface area (Å²) in [5.41, 5.74) is 1.45. The monoisotopic (exact) mass is 455 g/mol. The molecular weight excluding hydrogens is 434 g/mol. The van der Waals surface area contributed by atoms with E-state index in [1.165, 1.54) is 29.9 Å². The molecule has 0 aliphatic carbocycles. The van der Waals surface area contributed by atoms with E-state index in [1.54, 1.807) is 34.0 Å². The molecular formula is C19H21NO4S4. The van der Waals surface area contributed by atoms with E-state index >= 15 is 0 Å². The van der Waals surface area contributed by atoms with Gasteiger partial charge in [-0.2, -0.15) is 0 Å². The molecule has 5 nitrogen and oxygen atoms in total. The van der Waals surface area contributed by atoms with Crippen LogP contribution in [0, 0.1) is 0 Å². The molecule has 0 aromatic carbocycles. The summed E-state index contributed by atoms with van der Waals surface area (Å²) in [5.74, 6) is -0.861. The van der Waals surface area contributed by atoms with E-state index in [4.69, 9.17) is 5.21 Å². The summed E-state index contributed by atoms with van der Waals surface area (Å²) in [6.07, 6.45) is 3.45. The average Bonchev–Trinajstić information content (AvgIpc) is 3.39. The van der Waals surface area contributed by atoms with Crippen LogP contribution in [0.4, 0.5) is 0 Å². The van der Waals surface area contributed by atoms with Crippen molar-refractivity contribution in [2.75, 3.05) is 6.26 Å². The number of hydrogen-bond acceptors (Lipinski definition) is 7. The van der Waals surface area contributed by atoms with Crippen molar-refractivity contribution < 1.29 is 18.4 Å². The van der Waals surface area contributed by atoms with Gasteiger partial charge in [0.1, 0.15) is 5.25 Å². The zero-order valence-corrected chi connectivity index (χ0v) is 18.5. The summed E-state index contributed by atoms with van der Waals surface area (Å²) in [6.45, 7) is 0. The van der Waals surface area contributed by atoms with Gasteiger partial charge in [-0.15, -0.1) is 34.0 Å². The van der Waals surface area contributed by atoms with Crippen LogP contribution in [0.1, 0.15) is 24.1 Å². The average molecular weight is 456 g/mol. The van der Waals surface area contributed by atoms with Crippen molar-refractivity contribution in [2.24, 2.45) is 0 Å². The minimum Gasteiger partial charge on any atom is -0.289 e. The summed E-state index contributed by atoms with van der Waals surface area (Å²) < 4.78 is 23.4. The van der Waals surface area contributed by atoms with Crippen LogP contribution < -0.4 is 5.48 Å². The standard InChI is InChI=1S/C19H21NO4S4/c1-28(23,24)18(19(21)20-22)7-3-2-5-13-8-9-16(26-13)17-11-10-15(27-17)14-6-4-12-25-14/h4,6,8-12,18,22H,2-3,5,7H2,1H3,(H,20,21). The third-order valence-electron chi connectivity index (χ3n) is 4.33. The number of hydrogen-bond donors (Lipinski definition) is 2. The second-order valence-corrected chi connectivity index (χ2v) is 11.9. The van der Waals surface area contributed by atoms with E-state index < -0.39 is 21.0 Å². The van der Waals surface area contributed by atoms with Crippen molar-refractivity contribution in [1.29, 1.82) is 0 Å². The number of sulfone groups is 1. The van der Waals surface area contributed by atoms with E-state index in [0.717, 1.165) is 19.1 Å². The molecule has 1 atom stereocenters. The first kappa shape index (κ1) is 21.2. The molecule has 0 fully saturated rings. The van der Waals surface area contributed by atoms with Crippen molar-refractivity contribution in [3.05, 3.63) is 46.7 Å². The fourth-order valence-corrected chi connectivity index (χ4v) is 6.92. The van der Waals surface area contributed by atoms with Gasteiger partial charge < -0.3 is 0 Å². The van der Waals surface area contributed by atoms with E-state index in [2.05, 4.69) is 41.8 Å². The Balaban J connectivity index is 1.55. The number of amides is 1. The van der Waals surface area contributed by atoms with E-state index in [-0.39, 0.29) is 6.42 Å². The Bertz CT molecular complexity index is 1020. The normalized spacial score (nSPS) is 12.8. The number of nitrogens with one attached hydrogen (secondary N) is 1. The van der Waals surface area contributed by atoms with Gasteiger partial charge in [-0.05, 0) is 55.0 Å². The summed E-state index contributed by atoms with van der Waals surface area (Å²) in [5, 5.41) is 9.60. The van der Waals surface area contributed by atoms with E-state index in [0.29, 0.717) is 6.42 Å². The second kappa shape index (κ2) is 9.32. The molecule has 1 unspecified atom stereocenters. The molecule has 0 saturated carbocycles. The number of carbonyl (C=O) groups excluding carboxylic acids is 1. The third-order valence-corrected chi connectivity index (χ3v) is 9.31. The lowest BCUT2D eigenvalue weighted by molar-refractivity contribution is -0.128. The second-order valence-electron chi connectivity index (χ2n) is 6.45. The summed E-state index contributed by atoms with van der Waals surface area (Å²) in [7, 11) is -3.54. The third kappa shape index (κ3) is 5.30. The fraction of sp³-hybridized carbons (Fsp3) is 0.316. The number of carbonyl (C=O) groups is 1. The Morgan fingerprint density at radius 1 is 1.04 bits per heavy atom. The first-order chi connectivity index (χ1) is 13.4. The Hall–Kier alpha value is -1.52. The van der Waals surface area contributed by atoms with Crippen LogP contribution in [0.5, 0.6) is 0 Å². The highest BCUT2D eigenvalue weighted by Gasteiger charge is 2.27. The van der Waals surface area contributed by atoms with Gasteiger partial charge in [0.25, 0.3) is 5.91 Å². The van der Waals surface area contributed by atoms with Crippen molar-refractivity contribution in [2.45, 2.75) is 30.9 Å². The van der Waals surface area contributed by atoms with E-state index in [9.17, 15) is 13.2 Å². The maximum atomic E-state index is 11.7. The molecule has 9 heteroatoms. The molecule has 0 aliphatic heterocycles. The predicted molar refractivity (Wildman–Crippen MR) is 117 cm³/mol. The van der Waals surface area contributed by atoms with Gasteiger partial charge in [-0.1, -0.05) is 12.5 Å². The van der Waals surface area contributed by atoms with Gasteiger partial charge in [-0.25, -0.2) is 13.9 Å². The lowest BCUT2D eigenvalue weighted by atomic mass is 10.1. The van der Waals surface area contributed by atoms with Gasteiger partial charge >= 0.3 is 0 Å². The first-order valence-electron chi connectivity index (χ1n) is 8.74. The molecule has 28 heavy (non-hydrogen) atoms. The number of rotatable bonds is 9. The Kier molecular flexibility index (Phi) is 7.05. The van der Waals surface area contributed by atoms with Crippen molar-refractivity contribution in [3.8, 4) is 19.5 Å². The van der Waals surface area contributed by atoms with E-state index in [1.807, 2.05) is 0 Å². The number of aryl methyl sites for hydroxylation is 1. The molecule has 3 rings (SSSR count). The largest absolute Gasteiger partial charge is 0.289 e. The zero-order chi connectivity index (χ0) is 20.1. The molecule has 3 heterocycles. The molecule has 0 aliphatic rings. The summed E-state index contributed by atoms with van der Waals surface area (Å²) in [6, 6.07) is 12.7. The number of thiophene rings is 3. The SMILES string of the molecule is CS(=O)(=O)C(CCCCc1ccc(-c2ccc(-c3cccs3)s2)s1)C(=O)NO. The Labute approximate surface area is 176 Å². The highest BCUT2D eigenvalue weighted by atomic mass is 32.2. The molecule has 2 N–H and O–H groups in total. The van der Waals surface area contributed by atoms with Crippen LogP contribution in [0.15, 0.2) is 41.8 Å². The summed E-state index contributed by atoms with van der Waals surface area (Å²) >= 11 is 5.27. The molecule has 3 aromatic heterocycles. The minimum atomic E-state index is -3.54. The van der Waals surface area contributed by atoms with Gasteiger partial charge in [0.15, 0.2) is 9.84 Å². The minimum absolute atomic E-state index is 0.207. The fourth-order valence-electron chi connectivity index (χ4n) is 2.91. The highest BCUT2D eigenvalue weighted by molar-refractivity contribution is 7.92. The Morgan fingerprint density at radius 2 is 1.71 bits per heavy atom. The molecule has 0 saturated heterocycles. The zero-order valence-electron chi connectivity index (χ0n) is 15.3. The quantitative estimate of drug-likeness (QED) is 0.275.